The van der Waals surface area contributed by atoms with Gasteiger partial charge in [0.05, 0.1) is 0 Å². The number of hydrogen-bond donors (Lipinski definition) is 2. The molecule has 0 aromatic carbocycles. The number of nitrogens with two attached hydrogens (primary N) is 1. The maximum atomic E-state index is 5.33. The second-order valence-electron chi connectivity index (χ2n) is 5.01. The molecule has 0 spiro atoms. The molecule has 1 aromatic heterocycles. The SMILES string of the molecule is CN(C)CCN1CCN(c2ccnc(NN)n2)CC1. The summed E-state index contributed by atoms with van der Waals surface area (Å²) in [5.74, 6) is 6.74. The summed E-state index contributed by atoms with van der Waals surface area (Å²) >= 11 is 0. The van der Waals surface area contributed by atoms with Gasteiger partial charge >= 0.3 is 0 Å². The van der Waals surface area contributed by atoms with Gasteiger partial charge in [-0.2, -0.15) is 4.98 Å². The zero-order valence-corrected chi connectivity index (χ0v) is 11.7. The molecule has 1 aliphatic rings. The summed E-state index contributed by atoms with van der Waals surface area (Å²) < 4.78 is 0. The summed E-state index contributed by atoms with van der Waals surface area (Å²) in [6, 6.07) is 1.93. The van der Waals surface area contributed by atoms with Gasteiger partial charge in [0.2, 0.25) is 5.95 Å². The molecule has 0 radical (unpaired) electrons. The van der Waals surface area contributed by atoms with Crippen molar-refractivity contribution in [1.29, 1.82) is 0 Å². The van der Waals surface area contributed by atoms with Gasteiger partial charge in [-0.15, -0.1) is 0 Å². The number of nitrogens with one attached hydrogen (secondary N) is 1. The van der Waals surface area contributed by atoms with Crippen LogP contribution in [0, 0.1) is 0 Å². The van der Waals surface area contributed by atoms with Crippen LogP contribution in [0.3, 0.4) is 0 Å². The van der Waals surface area contributed by atoms with Gasteiger partial charge in [-0.05, 0) is 20.2 Å². The minimum Gasteiger partial charge on any atom is -0.354 e. The number of hydrazine groups is 1. The highest BCUT2D eigenvalue weighted by Gasteiger charge is 2.18. The van der Waals surface area contributed by atoms with Gasteiger partial charge in [0.1, 0.15) is 5.82 Å². The second kappa shape index (κ2) is 6.65. The Morgan fingerprint density at radius 2 is 2.05 bits per heavy atom. The molecule has 1 saturated heterocycles. The fraction of sp³-hybridized carbons (Fsp3) is 0.667. The first-order valence-corrected chi connectivity index (χ1v) is 6.61. The topological polar surface area (TPSA) is 73.5 Å². The van der Waals surface area contributed by atoms with Gasteiger partial charge < -0.3 is 9.80 Å². The summed E-state index contributed by atoms with van der Waals surface area (Å²) in [5.41, 5.74) is 2.48. The predicted octanol–water partition coefficient (Wildman–Crippen LogP) is -0.554. The van der Waals surface area contributed by atoms with Crippen LogP contribution < -0.4 is 16.2 Å². The number of nitrogen functional groups attached to an aromatic ring is 1. The Morgan fingerprint density at radius 1 is 1.32 bits per heavy atom. The molecule has 0 aliphatic carbocycles. The van der Waals surface area contributed by atoms with Crippen molar-refractivity contribution in [3.05, 3.63) is 12.3 Å². The number of anilines is 2. The van der Waals surface area contributed by atoms with E-state index in [0.717, 1.165) is 45.1 Å². The van der Waals surface area contributed by atoms with Crippen molar-refractivity contribution in [1.82, 2.24) is 19.8 Å². The first kappa shape index (κ1) is 14.0. The minimum atomic E-state index is 0.465. The standard InChI is InChI=1S/C12H23N7/c1-17(2)5-6-18-7-9-19(10-8-18)11-3-4-14-12(15-11)16-13/h3-4H,5-10,13H2,1-2H3,(H,14,15,16). The van der Waals surface area contributed by atoms with Crippen LogP contribution in [0.15, 0.2) is 12.3 Å². The average molecular weight is 265 g/mol. The molecule has 2 rings (SSSR count). The molecule has 0 saturated carbocycles. The molecule has 3 N–H and O–H groups in total. The lowest BCUT2D eigenvalue weighted by atomic mass is 10.3. The summed E-state index contributed by atoms with van der Waals surface area (Å²) in [4.78, 5) is 15.4. The molecule has 0 atom stereocenters. The fourth-order valence-electron chi connectivity index (χ4n) is 2.14. The van der Waals surface area contributed by atoms with Gasteiger partial charge in [-0.3, -0.25) is 10.3 Å². The van der Waals surface area contributed by atoms with E-state index in [1.54, 1.807) is 6.20 Å². The molecular formula is C12H23N7. The molecule has 7 nitrogen and oxygen atoms in total. The van der Waals surface area contributed by atoms with Crippen LogP contribution in [-0.2, 0) is 0 Å². The molecule has 1 fully saturated rings. The van der Waals surface area contributed by atoms with Crippen molar-refractivity contribution in [3.63, 3.8) is 0 Å². The first-order valence-electron chi connectivity index (χ1n) is 6.61. The van der Waals surface area contributed by atoms with Crippen LogP contribution in [0.4, 0.5) is 11.8 Å². The lowest BCUT2D eigenvalue weighted by molar-refractivity contribution is 0.229. The Kier molecular flexibility index (Phi) is 4.89. The maximum absolute atomic E-state index is 5.33. The maximum Gasteiger partial charge on any atom is 0.239 e. The lowest BCUT2D eigenvalue weighted by Gasteiger charge is -2.35. The van der Waals surface area contributed by atoms with Crippen molar-refractivity contribution < 1.29 is 0 Å². The number of likely N-dealkylation sites (N-methyl/N-ethyl adjacent to an activating group) is 1. The lowest BCUT2D eigenvalue weighted by Crippen LogP contribution is -2.48. The highest BCUT2D eigenvalue weighted by Crippen LogP contribution is 2.14. The zero-order valence-electron chi connectivity index (χ0n) is 11.7. The highest BCUT2D eigenvalue weighted by molar-refractivity contribution is 5.42. The van der Waals surface area contributed by atoms with E-state index in [1.165, 1.54) is 0 Å². The molecule has 2 heterocycles. The number of rotatable bonds is 5. The highest BCUT2D eigenvalue weighted by atomic mass is 15.3. The quantitative estimate of drug-likeness (QED) is 0.546. The van der Waals surface area contributed by atoms with Gasteiger partial charge in [0.25, 0.3) is 0 Å². The van der Waals surface area contributed by atoms with Crippen molar-refractivity contribution in [2.24, 2.45) is 5.84 Å². The van der Waals surface area contributed by atoms with Gasteiger partial charge in [0.15, 0.2) is 0 Å². The van der Waals surface area contributed by atoms with Crippen LogP contribution in [0.25, 0.3) is 0 Å². The Labute approximate surface area is 114 Å². The Bertz CT molecular complexity index is 387. The van der Waals surface area contributed by atoms with Crippen molar-refractivity contribution in [3.8, 4) is 0 Å². The molecule has 0 unspecified atom stereocenters. The minimum absolute atomic E-state index is 0.465. The zero-order chi connectivity index (χ0) is 13.7. The summed E-state index contributed by atoms with van der Waals surface area (Å²) in [6.45, 7) is 6.37. The van der Waals surface area contributed by atoms with E-state index in [-0.39, 0.29) is 0 Å². The van der Waals surface area contributed by atoms with Crippen LogP contribution in [0.1, 0.15) is 0 Å². The predicted molar refractivity (Wildman–Crippen MR) is 77.0 cm³/mol. The normalized spacial score (nSPS) is 16.9. The molecule has 106 valence electrons. The molecule has 19 heavy (non-hydrogen) atoms. The van der Waals surface area contributed by atoms with E-state index < -0.39 is 0 Å². The van der Waals surface area contributed by atoms with E-state index >= 15 is 0 Å². The summed E-state index contributed by atoms with van der Waals surface area (Å²) in [6.07, 6.45) is 1.73. The summed E-state index contributed by atoms with van der Waals surface area (Å²) in [7, 11) is 4.22. The Morgan fingerprint density at radius 3 is 2.68 bits per heavy atom. The number of hydrogen-bond acceptors (Lipinski definition) is 7. The van der Waals surface area contributed by atoms with Crippen molar-refractivity contribution in [2.45, 2.75) is 0 Å². The second-order valence-corrected chi connectivity index (χ2v) is 5.01. The molecule has 7 heteroatoms. The molecule has 0 bridgehead atoms. The van der Waals surface area contributed by atoms with E-state index in [0.29, 0.717) is 5.95 Å². The van der Waals surface area contributed by atoms with E-state index in [1.807, 2.05) is 6.07 Å². The number of nitrogens with zero attached hydrogens (tertiary/aromatic N) is 5. The summed E-state index contributed by atoms with van der Waals surface area (Å²) in [5, 5.41) is 0. The third-order valence-electron chi connectivity index (χ3n) is 3.33. The van der Waals surface area contributed by atoms with E-state index in [4.69, 9.17) is 5.84 Å². The molecular weight excluding hydrogens is 242 g/mol. The van der Waals surface area contributed by atoms with Gasteiger partial charge in [-0.1, -0.05) is 0 Å². The van der Waals surface area contributed by atoms with Gasteiger partial charge in [0, 0.05) is 45.5 Å². The van der Waals surface area contributed by atoms with Crippen LogP contribution in [0.5, 0.6) is 0 Å². The third-order valence-corrected chi connectivity index (χ3v) is 3.33. The van der Waals surface area contributed by atoms with Crippen LogP contribution >= 0.6 is 0 Å². The van der Waals surface area contributed by atoms with Crippen molar-refractivity contribution >= 4 is 11.8 Å². The monoisotopic (exact) mass is 265 g/mol. The molecule has 0 amide bonds. The number of piperazine rings is 1. The van der Waals surface area contributed by atoms with Crippen molar-refractivity contribution in [2.75, 3.05) is 63.7 Å². The van der Waals surface area contributed by atoms with Crippen LogP contribution in [-0.4, -0.2) is 73.1 Å². The van der Waals surface area contributed by atoms with Gasteiger partial charge in [-0.25, -0.2) is 10.8 Å². The first-order chi connectivity index (χ1) is 9.19. The number of aromatic nitrogens is 2. The molecule has 1 aromatic rings. The largest absolute Gasteiger partial charge is 0.354 e. The average Bonchev–Trinajstić information content (AvgIpc) is 2.45. The smallest absolute Gasteiger partial charge is 0.239 e. The van der Waals surface area contributed by atoms with E-state index in [9.17, 15) is 0 Å². The molecule has 1 aliphatic heterocycles. The van der Waals surface area contributed by atoms with Crippen LogP contribution in [0.2, 0.25) is 0 Å². The Hall–Kier alpha value is -1.44. The third kappa shape index (κ3) is 4.02. The van der Waals surface area contributed by atoms with E-state index in [2.05, 4.69) is 44.2 Å². The Balaban J connectivity index is 1.85. The fourth-order valence-corrected chi connectivity index (χ4v) is 2.14.